The maximum Gasteiger partial charge on any atom is 0.573 e. The van der Waals surface area contributed by atoms with E-state index < -0.39 is 24.0 Å². The van der Waals surface area contributed by atoms with Crippen LogP contribution in [0.5, 0.6) is 5.75 Å². The van der Waals surface area contributed by atoms with Gasteiger partial charge in [0.1, 0.15) is 12.3 Å². The molecule has 0 aliphatic carbocycles. The molecule has 33 heavy (non-hydrogen) atoms. The van der Waals surface area contributed by atoms with Crippen molar-refractivity contribution < 1.29 is 22.7 Å². The molecule has 1 aliphatic heterocycles. The van der Waals surface area contributed by atoms with Gasteiger partial charge in [0, 0.05) is 31.0 Å². The summed E-state index contributed by atoms with van der Waals surface area (Å²) in [5, 5.41) is 7.02. The van der Waals surface area contributed by atoms with Crippen LogP contribution >= 0.6 is 0 Å². The molecule has 0 radical (unpaired) electrons. The average Bonchev–Trinajstić information content (AvgIpc) is 3.08. The van der Waals surface area contributed by atoms with Crippen LogP contribution in [0.15, 0.2) is 47.4 Å². The minimum Gasteiger partial charge on any atom is -0.406 e. The number of piperidine rings is 1. The van der Waals surface area contributed by atoms with Gasteiger partial charge < -0.3 is 15.0 Å². The molecule has 1 N–H and O–H groups in total. The number of nitrogens with one attached hydrogen (secondary N) is 1. The Hall–Kier alpha value is -3.50. The molecule has 8 nitrogen and oxygen atoms in total. The third-order valence-electron chi connectivity index (χ3n) is 5.57. The van der Waals surface area contributed by atoms with Crippen LogP contribution in [0.25, 0.3) is 5.65 Å². The van der Waals surface area contributed by atoms with Gasteiger partial charge in [0.15, 0.2) is 5.65 Å². The number of nitrogens with zero attached hydrogens (tertiary/aromatic N) is 4. The van der Waals surface area contributed by atoms with Gasteiger partial charge in [-0.2, -0.15) is 0 Å². The van der Waals surface area contributed by atoms with E-state index in [0.717, 1.165) is 36.3 Å². The van der Waals surface area contributed by atoms with Gasteiger partial charge >= 0.3 is 12.1 Å². The molecule has 3 heterocycles. The summed E-state index contributed by atoms with van der Waals surface area (Å²) in [6, 6.07) is 8.46. The molecular weight excluding hydrogens is 439 g/mol. The number of anilines is 1. The van der Waals surface area contributed by atoms with E-state index in [1.807, 2.05) is 12.1 Å². The Bertz CT molecular complexity index is 1180. The van der Waals surface area contributed by atoms with Crippen molar-refractivity contribution in [3.05, 3.63) is 58.6 Å². The summed E-state index contributed by atoms with van der Waals surface area (Å²) >= 11 is 0. The zero-order chi connectivity index (χ0) is 23.6. The van der Waals surface area contributed by atoms with Crippen molar-refractivity contribution in [2.24, 2.45) is 0 Å². The lowest BCUT2D eigenvalue weighted by atomic mass is 10.1. The highest BCUT2D eigenvalue weighted by Gasteiger charge is 2.31. The molecule has 1 saturated heterocycles. The van der Waals surface area contributed by atoms with Gasteiger partial charge in [-0.25, -0.2) is 9.48 Å². The highest BCUT2D eigenvalue weighted by atomic mass is 19.4. The number of ether oxygens (including phenoxy) is 1. The Kier molecular flexibility index (Phi) is 6.30. The van der Waals surface area contributed by atoms with Crippen molar-refractivity contribution in [3.63, 3.8) is 0 Å². The number of aromatic nitrogens is 3. The highest BCUT2D eigenvalue weighted by Crippen LogP contribution is 2.24. The maximum absolute atomic E-state index is 12.6. The van der Waals surface area contributed by atoms with E-state index in [1.54, 1.807) is 13.1 Å². The first-order valence-corrected chi connectivity index (χ1v) is 10.7. The normalized spacial score (nSPS) is 15.5. The number of amides is 1. The van der Waals surface area contributed by atoms with Crippen LogP contribution in [-0.2, 0) is 11.3 Å². The fourth-order valence-electron chi connectivity index (χ4n) is 3.92. The van der Waals surface area contributed by atoms with Gasteiger partial charge in [-0.1, -0.05) is 12.1 Å². The smallest absolute Gasteiger partial charge is 0.406 e. The standard InChI is InChI=1S/C22H24F3N5O3/c1-15(16-5-7-18(8-6-16)33-22(23,24)25)26-20(31)14-30-21(32)29-12-9-17(13-19(29)27-30)28-10-3-2-4-11-28/h5-9,12-13,15H,2-4,10-11,14H2,1H3,(H,26,31)/t15-/m0/s1. The number of hydrogen-bond donors (Lipinski definition) is 1. The second-order valence-electron chi connectivity index (χ2n) is 8.01. The zero-order valence-electron chi connectivity index (χ0n) is 18.0. The van der Waals surface area contributed by atoms with E-state index in [9.17, 15) is 22.8 Å². The van der Waals surface area contributed by atoms with Crippen LogP contribution in [0, 0.1) is 0 Å². The molecule has 0 saturated carbocycles. The minimum absolute atomic E-state index is 0.279. The molecule has 0 bridgehead atoms. The molecule has 1 fully saturated rings. The van der Waals surface area contributed by atoms with Crippen molar-refractivity contribution in [2.75, 3.05) is 18.0 Å². The Balaban J connectivity index is 1.41. The van der Waals surface area contributed by atoms with E-state index in [4.69, 9.17) is 0 Å². The van der Waals surface area contributed by atoms with Crippen LogP contribution in [0.3, 0.4) is 0 Å². The summed E-state index contributed by atoms with van der Waals surface area (Å²) in [7, 11) is 0. The average molecular weight is 463 g/mol. The van der Waals surface area contributed by atoms with E-state index in [2.05, 4.69) is 20.1 Å². The molecule has 3 aromatic rings. The number of hydrogen-bond acceptors (Lipinski definition) is 5. The van der Waals surface area contributed by atoms with Crippen LogP contribution < -0.4 is 20.6 Å². The summed E-state index contributed by atoms with van der Waals surface area (Å²) in [5.74, 6) is -0.787. The third kappa shape index (κ3) is 5.47. The number of halogens is 3. The van der Waals surface area contributed by atoms with Crippen LogP contribution in [-0.4, -0.2) is 39.5 Å². The second kappa shape index (κ2) is 9.16. The van der Waals surface area contributed by atoms with Gasteiger partial charge in [0.05, 0.1) is 6.04 Å². The number of pyridine rings is 1. The predicted octanol–water partition coefficient (Wildman–Crippen LogP) is 3.26. The van der Waals surface area contributed by atoms with Crippen molar-refractivity contribution in [1.82, 2.24) is 19.5 Å². The van der Waals surface area contributed by atoms with Gasteiger partial charge in [-0.3, -0.25) is 9.20 Å². The molecule has 11 heteroatoms. The van der Waals surface area contributed by atoms with Crippen LogP contribution in [0.2, 0.25) is 0 Å². The predicted molar refractivity (Wildman–Crippen MR) is 115 cm³/mol. The Morgan fingerprint density at radius 1 is 1.15 bits per heavy atom. The van der Waals surface area contributed by atoms with Crippen LogP contribution in [0.4, 0.5) is 18.9 Å². The largest absolute Gasteiger partial charge is 0.573 e. The molecule has 1 amide bonds. The summed E-state index contributed by atoms with van der Waals surface area (Å²) in [5.41, 5.74) is 1.62. The maximum atomic E-state index is 12.6. The lowest BCUT2D eigenvalue weighted by Crippen LogP contribution is -2.34. The molecule has 0 spiro atoms. The molecule has 0 unspecified atom stereocenters. The van der Waals surface area contributed by atoms with E-state index in [1.165, 1.54) is 35.1 Å². The first-order chi connectivity index (χ1) is 15.7. The van der Waals surface area contributed by atoms with E-state index in [0.29, 0.717) is 11.2 Å². The Morgan fingerprint density at radius 3 is 2.52 bits per heavy atom. The summed E-state index contributed by atoms with van der Waals surface area (Å²) < 4.78 is 43.2. The lowest BCUT2D eigenvalue weighted by Gasteiger charge is -2.28. The van der Waals surface area contributed by atoms with Crippen molar-refractivity contribution in [1.29, 1.82) is 0 Å². The highest BCUT2D eigenvalue weighted by molar-refractivity contribution is 5.76. The molecule has 4 rings (SSSR count). The van der Waals surface area contributed by atoms with Crippen molar-refractivity contribution >= 4 is 17.2 Å². The number of alkyl halides is 3. The molecule has 1 aromatic carbocycles. The van der Waals surface area contributed by atoms with Gasteiger partial charge in [0.2, 0.25) is 5.91 Å². The van der Waals surface area contributed by atoms with Crippen molar-refractivity contribution in [2.45, 2.75) is 45.1 Å². The van der Waals surface area contributed by atoms with Gasteiger partial charge in [0.25, 0.3) is 0 Å². The zero-order valence-corrected chi connectivity index (χ0v) is 18.0. The van der Waals surface area contributed by atoms with Gasteiger partial charge in [-0.05, 0) is 49.9 Å². The molecule has 1 aliphatic rings. The summed E-state index contributed by atoms with van der Waals surface area (Å²) in [6.07, 6.45) is 0.366. The quantitative estimate of drug-likeness (QED) is 0.607. The fourth-order valence-corrected chi connectivity index (χ4v) is 3.92. The van der Waals surface area contributed by atoms with Crippen LogP contribution in [0.1, 0.15) is 37.8 Å². The first kappa shape index (κ1) is 22.7. The number of fused-ring (bicyclic) bond motifs is 1. The summed E-state index contributed by atoms with van der Waals surface area (Å²) in [6.45, 7) is 3.34. The second-order valence-corrected chi connectivity index (χ2v) is 8.01. The van der Waals surface area contributed by atoms with E-state index >= 15 is 0 Å². The molecule has 176 valence electrons. The van der Waals surface area contributed by atoms with E-state index in [-0.39, 0.29) is 12.3 Å². The fraction of sp³-hybridized carbons (Fsp3) is 0.409. The lowest BCUT2D eigenvalue weighted by molar-refractivity contribution is -0.274. The first-order valence-electron chi connectivity index (χ1n) is 10.7. The third-order valence-corrected chi connectivity index (χ3v) is 5.57. The number of benzene rings is 1. The molecule has 2 aromatic heterocycles. The molecular formula is C22H24F3N5O3. The Morgan fingerprint density at radius 2 is 1.85 bits per heavy atom. The van der Waals surface area contributed by atoms with Gasteiger partial charge in [-0.15, -0.1) is 18.3 Å². The van der Waals surface area contributed by atoms with Crippen molar-refractivity contribution in [3.8, 4) is 5.75 Å². The minimum atomic E-state index is -4.77. The monoisotopic (exact) mass is 463 g/mol. The SMILES string of the molecule is C[C@H](NC(=O)Cn1nc2cc(N3CCCCC3)ccn2c1=O)c1ccc(OC(F)(F)F)cc1. The Labute approximate surface area is 187 Å². The number of carbonyl (C=O) groups is 1. The number of rotatable bonds is 6. The summed E-state index contributed by atoms with van der Waals surface area (Å²) in [4.78, 5) is 27.4. The topological polar surface area (TPSA) is 80.9 Å². The molecule has 1 atom stereocenters. The number of carbonyl (C=O) groups excluding carboxylic acids is 1.